The number of hydrogen-bond acceptors (Lipinski definition) is 7. The molecule has 5 aromatic rings. The number of halogens is 2. The van der Waals surface area contributed by atoms with Crippen LogP contribution >= 0.6 is 0 Å². The highest BCUT2D eigenvalue weighted by Gasteiger charge is 2.17. The zero-order valence-corrected chi connectivity index (χ0v) is 19.3. The summed E-state index contributed by atoms with van der Waals surface area (Å²) in [5.74, 6) is -0.622. The first-order valence-electron chi connectivity index (χ1n) is 11.6. The Bertz CT molecular complexity index is 1470. The molecule has 36 heavy (non-hydrogen) atoms. The van der Waals surface area contributed by atoms with Crippen molar-refractivity contribution in [2.24, 2.45) is 0 Å². The van der Waals surface area contributed by atoms with Gasteiger partial charge in [-0.1, -0.05) is 29.5 Å². The zero-order valence-electron chi connectivity index (χ0n) is 19.3. The molecule has 0 unspecified atom stereocenters. The van der Waals surface area contributed by atoms with Crippen molar-refractivity contribution in [3.8, 4) is 22.7 Å². The van der Waals surface area contributed by atoms with E-state index in [4.69, 9.17) is 9.15 Å². The molecule has 0 aliphatic carbocycles. The number of hydrogen-bond donors (Lipinski definition) is 1. The number of aromatic nitrogens is 6. The maximum absolute atomic E-state index is 12.7. The Balaban J connectivity index is 1.14. The number of morpholine rings is 1. The lowest BCUT2D eigenvalue weighted by Crippen LogP contribution is -2.35. The topological polar surface area (TPSA) is 97.9 Å². The normalized spacial score (nSPS) is 14.8. The lowest BCUT2D eigenvalue weighted by atomic mass is 10.1. The van der Waals surface area contributed by atoms with Gasteiger partial charge >= 0.3 is 6.43 Å². The molecule has 0 bridgehead atoms. The third kappa shape index (κ3) is 4.62. The molecule has 0 amide bonds. The van der Waals surface area contributed by atoms with Crippen molar-refractivity contribution in [3.63, 3.8) is 0 Å². The number of benzene rings is 2. The molecule has 1 saturated heterocycles. The Morgan fingerprint density at radius 3 is 2.53 bits per heavy atom. The molecule has 0 saturated carbocycles. The van der Waals surface area contributed by atoms with Crippen LogP contribution in [-0.4, -0.2) is 61.4 Å². The molecule has 1 aliphatic heterocycles. The van der Waals surface area contributed by atoms with Crippen LogP contribution in [0.5, 0.6) is 0 Å². The number of alkyl halides is 2. The fourth-order valence-corrected chi connectivity index (χ4v) is 4.36. The van der Waals surface area contributed by atoms with E-state index in [1.54, 1.807) is 16.8 Å². The summed E-state index contributed by atoms with van der Waals surface area (Å²) in [7, 11) is 0. The molecule has 0 spiro atoms. The zero-order chi connectivity index (χ0) is 24.5. The van der Waals surface area contributed by atoms with Crippen LogP contribution < -0.4 is 0 Å². The molecule has 0 radical (unpaired) electrons. The molecular formula is C25H23F2N7O2. The quantitative estimate of drug-likeness (QED) is 0.363. The number of rotatable bonds is 7. The summed E-state index contributed by atoms with van der Waals surface area (Å²) >= 11 is 0. The minimum atomic E-state index is -2.79. The fourth-order valence-electron chi connectivity index (χ4n) is 4.36. The van der Waals surface area contributed by atoms with E-state index >= 15 is 0 Å². The van der Waals surface area contributed by atoms with Gasteiger partial charge in [-0.2, -0.15) is 8.78 Å². The summed E-state index contributed by atoms with van der Waals surface area (Å²) in [5, 5.41) is 16.9. The van der Waals surface area contributed by atoms with E-state index in [1.807, 2.05) is 18.3 Å². The SMILES string of the molecule is FC(F)c1nnc(-c2ccc(Cn3cc(-c4ccc5c(CN6CCOCC6)c[nH]c5c4)nn3)cc2)o1. The molecule has 0 atom stereocenters. The summed E-state index contributed by atoms with van der Waals surface area (Å²) < 4.78 is 37.6. The van der Waals surface area contributed by atoms with E-state index in [0.29, 0.717) is 12.1 Å². The first kappa shape index (κ1) is 22.5. The number of nitrogens with one attached hydrogen (secondary N) is 1. The van der Waals surface area contributed by atoms with Crippen molar-refractivity contribution < 1.29 is 17.9 Å². The van der Waals surface area contributed by atoms with Crippen LogP contribution in [0, 0.1) is 0 Å². The molecule has 184 valence electrons. The van der Waals surface area contributed by atoms with E-state index in [0.717, 1.165) is 55.2 Å². The maximum Gasteiger partial charge on any atom is 0.314 e. The van der Waals surface area contributed by atoms with Crippen molar-refractivity contribution in [2.45, 2.75) is 19.5 Å². The summed E-state index contributed by atoms with van der Waals surface area (Å²) in [6.07, 6.45) is 1.19. The number of aromatic amines is 1. The number of nitrogens with zero attached hydrogens (tertiary/aromatic N) is 6. The predicted molar refractivity (Wildman–Crippen MR) is 127 cm³/mol. The Labute approximate surface area is 204 Å². The lowest BCUT2D eigenvalue weighted by Gasteiger charge is -2.26. The van der Waals surface area contributed by atoms with Gasteiger partial charge in [-0.3, -0.25) is 4.90 Å². The average Bonchev–Trinajstić information content (AvgIpc) is 3.66. The summed E-state index contributed by atoms with van der Waals surface area (Å²) in [4.78, 5) is 5.79. The van der Waals surface area contributed by atoms with Crippen molar-refractivity contribution in [1.82, 2.24) is 35.1 Å². The van der Waals surface area contributed by atoms with Crippen LogP contribution in [0.4, 0.5) is 8.78 Å². The summed E-state index contributed by atoms with van der Waals surface area (Å²) in [6.45, 7) is 4.88. The molecule has 9 nitrogen and oxygen atoms in total. The number of ether oxygens (including phenoxy) is 1. The fraction of sp³-hybridized carbons (Fsp3) is 0.280. The minimum absolute atomic E-state index is 0.0627. The van der Waals surface area contributed by atoms with Gasteiger partial charge in [0.05, 0.1) is 26.0 Å². The van der Waals surface area contributed by atoms with Crippen LogP contribution in [0.2, 0.25) is 0 Å². The van der Waals surface area contributed by atoms with Crippen molar-refractivity contribution >= 4 is 10.9 Å². The van der Waals surface area contributed by atoms with E-state index in [-0.39, 0.29) is 5.89 Å². The highest BCUT2D eigenvalue weighted by atomic mass is 19.3. The van der Waals surface area contributed by atoms with E-state index in [1.165, 1.54) is 10.9 Å². The van der Waals surface area contributed by atoms with Crippen LogP contribution in [0.1, 0.15) is 23.4 Å². The number of H-pyrrole nitrogens is 1. The average molecular weight is 492 g/mol. The molecule has 4 heterocycles. The first-order chi connectivity index (χ1) is 17.6. The van der Waals surface area contributed by atoms with Gasteiger partial charge in [0, 0.05) is 47.9 Å². The molecule has 1 aliphatic rings. The predicted octanol–water partition coefficient (Wildman–Crippen LogP) is 4.29. The van der Waals surface area contributed by atoms with E-state index in [9.17, 15) is 8.78 Å². The van der Waals surface area contributed by atoms with Gasteiger partial charge in [0.2, 0.25) is 5.89 Å². The van der Waals surface area contributed by atoms with Crippen LogP contribution in [-0.2, 0) is 17.8 Å². The van der Waals surface area contributed by atoms with Crippen LogP contribution in [0.25, 0.3) is 33.6 Å². The van der Waals surface area contributed by atoms with Gasteiger partial charge in [0.25, 0.3) is 5.89 Å². The van der Waals surface area contributed by atoms with Gasteiger partial charge in [0.15, 0.2) is 0 Å². The standard InChI is InChI=1S/C25H23F2N7O2/c26-23(27)25-31-30-24(36-25)17-3-1-16(2-4-17)13-34-15-22(29-32-34)18-5-6-20-19(12-28-21(20)11-18)14-33-7-9-35-10-8-33/h1-6,11-12,15,23,28H,7-10,13-14H2. The van der Waals surface area contributed by atoms with Crippen molar-refractivity contribution in [2.75, 3.05) is 26.3 Å². The first-order valence-corrected chi connectivity index (χ1v) is 11.6. The van der Waals surface area contributed by atoms with Crippen molar-refractivity contribution in [3.05, 3.63) is 71.9 Å². The molecule has 2 aromatic carbocycles. The second-order valence-corrected chi connectivity index (χ2v) is 8.71. The monoisotopic (exact) mass is 491 g/mol. The Morgan fingerprint density at radius 1 is 0.944 bits per heavy atom. The molecule has 3 aromatic heterocycles. The Kier molecular flexibility index (Phi) is 5.99. The van der Waals surface area contributed by atoms with Crippen LogP contribution in [0.15, 0.2) is 59.3 Å². The minimum Gasteiger partial charge on any atom is -0.415 e. The van der Waals surface area contributed by atoms with Gasteiger partial charge in [-0.25, -0.2) is 4.68 Å². The second kappa shape index (κ2) is 9.59. The van der Waals surface area contributed by atoms with Gasteiger partial charge in [-0.05, 0) is 29.3 Å². The van der Waals surface area contributed by atoms with Gasteiger partial charge < -0.3 is 14.1 Å². The molecule has 1 N–H and O–H groups in total. The third-order valence-electron chi connectivity index (χ3n) is 6.27. The van der Waals surface area contributed by atoms with E-state index in [2.05, 4.69) is 54.8 Å². The number of fused-ring (bicyclic) bond motifs is 1. The smallest absolute Gasteiger partial charge is 0.314 e. The molecule has 1 fully saturated rings. The van der Waals surface area contributed by atoms with Gasteiger partial charge in [-0.15, -0.1) is 15.3 Å². The van der Waals surface area contributed by atoms with E-state index < -0.39 is 12.3 Å². The summed E-state index contributed by atoms with van der Waals surface area (Å²) in [5.41, 5.74) is 5.65. The molecular weight excluding hydrogens is 468 g/mol. The molecule has 6 rings (SSSR count). The third-order valence-corrected chi connectivity index (χ3v) is 6.27. The lowest BCUT2D eigenvalue weighted by molar-refractivity contribution is 0.0343. The van der Waals surface area contributed by atoms with Crippen molar-refractivity contribution in [1.29, 1.82) is 0 Å². The van der Waals surface area contributed by atoms with Gasteiger partial charge in [0.1, 0.15) is 5.69 Å². The molecule has 11 heteroatoms. The second-order valence-electron chi connectivity index (χ2n) is 8.71. The summed E-state index contributed by atoms with van der Waals surface area (Å²) in [6, 6.07) is 13.5. The largest absolute Gasteiger partial charge is 0.415 e. The Morgan fingerprint density at radius 2 is 1.75 bits per heavy atom. The highest BCUT2D eigenvalue weighted by molar-refractivity contribution is 5.87. The van der Waals surface area contributed by atoms with Crippen LogP contribution in [0.3, 0.4) is 0 Å². The Hall–Kier alpha value is -3.96. The highest BCUT2D eigenvalue weighted by Crippen LogP contribution is 2.27. The maximum atomic E-state index is 12.7.